The number of aliphatic hydroxyl groups excluding tert-OH is 2. The zero-order valence-corrected chi connectivity index (χ0v) is 27.6. The maximum atomic E-state index is 11.8. The molecule has 4 nitrogen and oxygen atoms in total. The first-order valence-electron chi connectivity index (χ1n) is 16.2. The number of unbranched alkanes of at least 4 members (excludes halogenated alkanes) is 6. The van der Waals surface area contributed by atoms with Crippen LogP contribution < -0.4 is 0 Å². The summed E-state index contributed by atoms with van der Waals surface area (Å²) in [6, 6.07) is 7.08. The van der Waals surface area contributed by atoms with E-state index in [9.17, 15) is 10.2 Å². The summed E-state index contributed by atoms with van der Waals surface area (Å²) in [5.74, 6) is -0.149. The van der Waals surface area contributed by atoms with Gasteiger partial charge < -0.3 is 19.1 Å². The highest BCUT2D eigenvalue weighted by Gasteiger charge is 2.46. The molecule has 0 aliphatic heterocycles. The summed E-state index contributed by atoms with van der Waals surface area (Å²) >= 11 is 0. The molecule has 0 heterocycles. The van der Waals surface area contributed by atoms with E-state index >= 15 is 0 Å². The monoisotopic (exact) mass is 556 g/mol. The molecule has 2 N–H and O–H groups in total. The van der Waals surface area contributed by atoms with Gasteiger partial charge in [0.25, 0.3) is 0 Å². The third kappa shape index (κ3) is 12.0. The Hall–Kier alpha value is 0.0138. The Bertz CT molecular complexity index is 542. The first-order valence-corrected chi connectivity index (χ1v) is 21.3. The average molecular weight is 557 g/mol. The van der Waals surface area contributed by atoms with E-state index in [1.54, 1.807) is 0 Å². The Morgan fingerprint density at radius 2 is 0.919 bits per heavy atom. The van der Waals surface area contributed by atoms with Crippen LogP contribution in [-0.4, -0.2) is 51.8 Å². The van der Waals surface area contributed by atoms with Gasteiger partial charge in [-0.15, -0.1) is 0 Å². The van der Waals surface area contributed by atoms with Crippen molar-refractivity contribution >= 4 is 16.6 Å². The van der Waals surface area contributed by atoms with Gasteiger partial charge in [-0.1, -0.05) is 131 Å². The average Bonchev–Trinajstić information content (AvgIpc) is 2.92. The largest absolute Gasteiger partial charge is 0.410 e. The molecule has 4 atom stereocenters. The molecule has 0 saturated heterocycles. The molecule has 0 amide bonds. The molecule has 0 bridgehead atoms. The molecule has 220 valence electrons. The van der Waals surface area contributed by atoms with Crippen LogP contribution in [0.15, 0.2) is 12.2 Å². The first kappa shape index (κ1) is 35.0. The third-order valence-corrected chi connectivity index (χ3v) is 17.7. The van der Waals surface area contributed by atoms with E-state index in [4.69, 9.17) is 8.85 Å². The summed E-state index contributed by atoms with van der Waals surface area (Å²) in [6.07, 6.45) is 17.2. The quantitative estimate of drug-likeness (QED) is 0.0973. The molecule has 37 heavy (non-hydrogen) atoms. The van der Waals surface area contributed by atoms with Crippen molar-refractivity contribution in [2.45, 2.75) is 173 Å². The molecular formula is C31H64O4Si2. The standard InChI is InChI=1S/C31H64O4Si2/c1-7-13-21-36(22-14-8-2,23-15-9-3)34-29-20-19-28(27-32)31(30(29)33)35-37(24-16-10-4,25-17-11-5)26-18-12-6/h19-20,28-33H,7-18,21-27H2,1-6H3/t28-,29+,30-,31-/m1/s1. The summed E-state index contributed by atoms with van der Waals surface area (Å²) in [6.45, 7) is 13.7. The molecule has 0 radical (unpaired) electrons. The van der Waals surface area contributed by atoms with Gasteiger partial charge in [0.1, 0.15) is 6.10 Å². The maximum absolute atomic E-state index is 11.8. The highest BCUT2D eigenvalue weighted by Crippen LogP contribution is 2.38. The molecule has 1 rings (SSSR count). The normalized spacial score (nSPS) is 22.6. The van der Waals surface area contributed by atoms with Gasteiger partial charge in [0.05, 0.1) is 18.8 Å². The molecule has 0 aromatic rings. The molecule has 1 aliphatic carbocycles. The van der Waals surface area contributed by atoms with Gasteiger partial charge in [-0.25, -0.2) is 0 Å². The van der Waals surface area contributed by atoms with Crippen molar-refractivity contribution in [1.82, 2.24) is 0 Å². The second-order valence-corrected chi connectivity index (χ2v) is 20.1. The van der Waals surface area contributed by atoms with E-state index < -0.39 is 22.7 Å². The minimum atomic E-state index is -2.05. The Balaban J connectivity index is 3.28. The lowest BCUT2D eigenvalue weighted by Gasteiger charge is -2.45. The van der Waals surface area contributed by atoms with E-state index in [2.05, 4.69) is 53.7 Å². The van der Waals surface area contributed by atoms with Gasteiger partial charge in [0, 0.05) is 5.92 Å². The Morgan fingerprint density at radius 3 is 1.24 bits per heavy atom. The highest BCUT2D eigenvalue weighted by atomic mass is 28.4. The molecule has 1 aliphatic rings. The van der Waals surface area contributed by atoms with Gasteiger partial charge in [-0.2, -0.15) is 0 Å². The zero-order chi connectivity index (χ0) is 27.6. The van der Waals surface area contributed by atoms with Crippen LogP contribution in [0.25, 0.3) is 0 Å². The number of aliphatic hydroxyl groups is 2. The van der Waals surface area contributed by atoms with Crippen molar-refractivity contribution in [3.05, 3.63) is 12.2 Å². The molecule has 0 aromatic heterocycles. The molecule has 0 spiro atoms. The topological polar surface area (TPSA) is 58.9 Å². The molecule has 0 unspecified atom stereocenters. The Kier molecular flexibility index (Phi) is 18.9. The van der Waals surface area contributed by atoms with Crippen molar-refractivity contribution in [1.29, 1.82) is 0 Å². The zero-order valence-electron chi connectivity index (χ0n) is 25.6. The van der Waals surface area contributed by atoms with Crippen LogP contribution in [0.5, 0.6) is 0 Å². The van der Waals surface area contributed by atoms with Crippen molar-refractivity contribution in [2.75, 3.05) is 6.61 Å². The van der Waals surface area contributed by atoms with Crippen LogP contribution >= 0.6 is 0 Å². The third-order valence-electron chi connectivity index (χ3n) is 8.54. The minimum Gasteiger partial charge on any atom is -0.410 e. The van der Waals surface area contributed by atoms with Gasteiger partial charge in [-0.3, -0.25) is 0 Å². The highest BCUT2D eigenvalue weighted by molar-refractivity contribution is 6.74. The van der Waals surface area contributed by atoms with Crippen LogP contribution in [0.1, 0.15) is 119 Å². The van der Waals surface area contributed by atoms with E-state index in [1.165, 1.54) is 113 Å². The SMILES string of the molecule is CCCC[Si](CCCC)(CCCC)O[C@H]1[C@H](O)[C@@H](O[Si](CCCC)(CCCC)CCCC)C=C[C@@H]1CO. The van der Waals surface area contributed by atoms with Crippen molar-refractivity contribution < 1.29 is 19.1 Å². The molecule has 6 heteroatoms. The second-order valence-electron chi connectivity index (χ2n) is 11.9. The molecule has 0 fully saturated rings. The van der Waals surface area contributed by atoms with Crippen molar-refractivity contribution in [2.24, 2.45) is 5.92 Å². The fraction of sp³-hybridized carbons (Fsp3) is 0.935. The minimum absolute atomic E-state index is 0.0227. The first-order chi connectivity index (χ1) is 17.9. The van der Waals surface area contributed by atoms with Gasteiger partial charge >= 0.3 is 0 Å². The van der Waals surface area contributed by atoms with E-state index in [0.717, 1.165) is 0 Å². The predicted octanol–water partition coefficient (Wildman–Crippen LogP) is 8.99. The lowest BCUT2D eigenvalue weighted by molar-refractivity contribution is -0.0618. The van der Waals surface area contributed by atoms with E-state index in [0.29, 0.717) is 0 Å². The maximum Gasteiger partial charge on any atom is 0.193 e. The van der Waals surface area contributed by atoms with Crippen LogP contribution in [0.4, 0.5) is 0 Å². The van der Waals surface area contributed by atoms with Crippen LogP contribution in [0, 0.1) is 5.92 Å². The van der Waals surface area contributed by atoms with Crippen LogP contribution in [0.3, 0.4) is 0 Å². The molecule has 0 saturated carbocycles. The summed E-state index contributed by atoms with van der Waals surface area (Å²) in [5, 5.41) is 22.2. The summed E-state index contributed by atoms with van der Waals surface area (Å²) < 4.78 is 14.3. The van der Waals surface area contributed by atoms with Crippen molar-refractivity contribution in [3.63, 3.8) is 0 Å². The van der Waals surface area contributed by atoms with Crippen LogP contribution in [-0.2, 0) is 8.85 Å². The Labute approximate surface area is 233 Å². The van der Waals surface area contributed by atoms with E-state index in [-0.39, 0.29) is 24.7 Å². The van der Waals surface area contributed by atoms with E-state index in [1.807, 2.05) is 0 Å². The number of hydrogen-bond donors (Lipinski definition) is 2. The lowest BCUT2D eigenvalue weighted by atomic mass is 9.89. The van der Waals surface area contributed by atoms with Gasteiger partial charge in [-0.05, 0) is 36.3 Å². The number of hydrogen-bond acceptors (Lipinski definition) is 4. The Morgan fingerprint density at radius 1 is 0.568 bits per heavy atom. The van der Waals surface area contributed by atoms with Crippen LogP contribution in [0.2, 0.25) is 36.3 Å². The van der Waals surface area contributed by atoms with Crippen molar-refractivity contribution in [3.8, 4) is 0 Å². The summed E-state index contributed by atoms with van der Waals surface area (Å²) in [7, 11) is -4.04. The predicted molar refractivity (Wildman–Crippen MR) is 165 cm³/mol. The molecule has 0 aromatic carbocycles. The smallest absolute Gasteiger partial charge is 0.193 e. The fourth-order valence-electron chi connectivity index (χ4n) is 6.02. The summed E-state index contributed by atoms with van der Waals surface area (Å²) in [4.78, 5) is 0. The van der Waals surface area contributed by atoms with Gasteiger partial charge in [0.15, 0.2) is 16.6 Å². The number of rotatable bonds is 23. The lowest BCUT2D eigenvalue weighted by Crippen LogP contribution is -2.56. The summed E-state index contributed by atoms with van der Waals surface area (Å²) in [5.41, 5.74) is 0. The molecular weight excluding hydrogens is 493 g/mol. The second kappa shape index (κ2) is 20.0. The van der Waals surface area contributed by atoms with Gasteiger partial charge in [0.2, 0.25) is 0 Å². The fourth-order valence-corrected chi connectivity index (χ4v) is 15.9.